The van der Waals surface area contributed by atoms with E-state index in [0.29, 0.717) is 22.5 Å². The maximum absolute atomic E-state index is 12.8. The van der Waals surface area contributed by atoms with Gasteiger partial charge >= 0.3 is 12.3 Å². The average molecular weight is 423 g/mol. The zero-order valence-corrected chi connectivity index (χ0v) is 16.7. The number of anilines is 1. The highest BCUT2D eigenvalue weighted by Crippen LogP contribution is 2.29. The molecule has 0 bridgehead atoms. The number of alkyl halides is 3. The fourth-order valence-electron chi connectivity index (χ4n) is 2.83. The van der Waals surface area contributed by atoms with E-state index in [4.69, 9.17) is 4.74 Å². The fourth-order valence-corrected chi connectivity index (χ4v) is 3.34. The van der Waals surface area contributed by atoms with Crippen molar-refractivity contribution in [3.8, 4) is 5.88 Å². The number of ether oxygens (including phenoxy) is 1. The van der Waals surface area contributed by atoms with E-state index in [0.717, 1.165) is 24.1 Å². The van der Waals surface area contributed by atoms with E-state index in [1.54, 1.807) is 22.2 Å². The molecule has 0 unspecified atom stereocenters. The monoisotopic (exact) mass is 423 g/mol. The van der Waals surface area contributed by atoms with Crippen LogP contribution in [-0.2, 0) is 19.1 Å². The number of thiazole rings is 1. The molecule has 0 radical (unpaired) electrons. The van der Waals surface area contributed by atoms with Gasteiger partial charge < -0.3 is 9.30 Å². The van der Waals surface area contributed by atoms with E-state index < -0.39 is 17.8 Å². The average Bonchev–Trinajstić information content (AvgIpc) is 3.24. The first-order valence-electron chi connectivity index (χ1n) is 8.94. The lowest BCUT2D eigenvalue weighted by Crippen LogP contribution is -2.18. The molecule has 1 aromatic carbocycles. The predicted octanol–water partition coefficient (Wildman–Crippen LogP) is 5.82. The van der Waals surface area contributed by atoms with Gasteiger partial charge in [-0.05, 0) is 35.6 Å². The van der Waals surface area contributed by atoms with Gasteiger partial charge in [0.05, 0.1) is 12.1 Å². The first-order valence-corrected chi connectivity index (χ1v) is 9.82. The Balaban J connectivity index is 1.78. The third kappa shape index (κ3) is 5.83. The summed E-state index contributed by atoms with van der Waals surface area (Å²) >= 11 is 1.26. The summed E-state index contributed by atoms with van der Waals surface area (Å²) in [5.41, 5.74) is 0.937. The van der Waals surface area contributed by atoms with Gasteiger partial charge in [0.2, 0.25) is 5.88 Å². The van der Waals surface area contributed by atoms with Gasteiger partial charge in [-0.1, -0.05) is 26.0 Å². The smallest absolute Gasteiger partial charge is 0.393 e. The minimum absolute atomic E-state index is 0.274. The Hall–Kier alpha value is -2.81. The Morgan fingerprint density at radius 3 is 2.55 bits per heavy atom. The van der Waals surface area contributed by atoms with E-state index in [1.807, 2.05) is 6.20 Å². The van der Waals surface area contributed by atoms with Crippen molar-refractivity contribution < 1.29 is 22.7 Å². The third-order valence-corrected chi connectivity index (χ3v) is 4.72. The molecule has 0 fully saturated rings. The van der Waals surface area contributed by atoms with Crippen LogP contribution in [0.1, 0.15) is 30.5 Å². The van der Waals surface area contributed by atoms with Gasteiger partial charge in [-0.25, -0.2) is 9.78 Å². The van der Waals surface area contributed by atoms with Gasteiger partial charge in [-0.3, -0.25) is 5.32 Å². The van der Waals surface area contributed by atoms with Crippen molar-refractivity contribution in [2.24, 2.45) is 5.92 Å². The van der Waals surface area contributed by atoms with Crippen LogP contribution in [0.15, 0.2) is 48.1 Å². The number of hydrogen-bond donors (Lipinski definition) is 1. The summed E-state index contributed by atoms with van der Waals surface area (Å²) < 4.78 is 45.4. The van der Waals surface area contributed by atoms with Gasteiger partial charge in [0.1, 0.15) is 0 Å². The van der Waals surface area contributed by atoms with Gasteiger partial charge in [0.25, 0.3) is 0 Å². The summed E-state index contributed by atoms with van der Waals surface area (Å²) in [5.74, 6) is 0.712. The van der Waals surface area contributed by atoms with Gasteiger partial charge in [-0.2, -0.15) is 13.2 Å². The summed E-state index contributed by atoms with van der Waals surface area (Å²) in [6.45, 7) is 4.42. The number of nitrogens with one attached hydrogen (secondary N) is 1. The highest BCUT2D eigenvalue weighted by molar-refractivity contribution is 7.13. The number of amides is 1. The number of hydrogen-bond acceptors (Lipinski definition) is 4. The quantitative estimate of drug-likeness (QED) is 0.543. The Morgan fingerprint density at radius 2 is 1.97 bits per heavy atom. The van der Waals surface area contributed by atoms with Crippen molar-refractivity contribution in [2.45, 2.75) is 33.0 Å². The highest BCUT2D eigenvalue weighted by Gasteiger charge is 2.30. The lowest BCUT2D eigenvalue weighted by Gasteiger charge is -2.11. The molecule has 1 amide bonds. The van der Waals surface area contributed by atoms with Crippen molar-refractivity contribution in [1.29, 1.82) is 0 Å². The van der Waals surface area contributed by atoms with Crippen molar-refractivity contribution in [2.75, 3.05) is 5.32 Å². The molecule has 0 aliphatic heterocycles. The summed E-state index contributed by atoms with van der Waals surface area (Å²) in [6.07, 6.45) is -0.857. The molecule has 1 N–H and O–H groups in total. The molecular weight excluding hydrogens is 403 g/mol. The molecule has 0 saturated heterocycles. The summed E-state index contributed by atoms with van der Waals surface area (Å²) in [6, 6.07) is 6.70. The fraction of sp³-hybridized carbons (Fsp3) is 0.300. The lowest BCUT2D eigenvalue weighted by atomic mass is 10.1. The van der Waals surface area contributed by atoms with Crippen LogP contribution in [0.3, 0.4) is 0 Å². The summed E-state index contributed by atoms with van der Waals surface area (Å²) in [7, 11) is 0. The van der Waals surface area contributed by atoms with Crippen LogP contribution in [-0.4, -0.2) is 15.6 Å². The Kier molecular flexibility index (Phi) is 6.26. The van der Waals surface area contributed by atoms with Crippen LogP contribution in [0.5, 0.6) is 5.88 Å². The molecule has 3 rings (SSSR count). The topological polar surface area (TPSA) is 56.1 Å². The highest BCUT2D eigenvalue weighted by atomic mass is 32.1. The number of nitrogens with zero attached hydrogens (tertiary/aromatic N) is 2. The Morgan fingerprint density at radius 1 is 1.24 bits per heavy atom. The number of benzene rings is 1. The minimum Gasteiger partial charge on any atom is -0.393 e. The second-order valence-corrected chi connectivity index (χ2v) is 7.85. The van der Waals surface area contributed by atoms with Gasteiger partial charge in [0.15, 0.2) is 5.13 Å². The van der Waals surface area contributed by atoms with Gasteiger partial charge in [0, 0.05) is 23.8 Å². The molecule has 0 aliphatic rings. The van der Waals surface area contributed by atoms with Crippen molar-refractivity contribution in [3.63, 3.8) is 0 Å². The van der Waals surface area contributed by atoms with E-state index in [2.05, 4.69) is 24.1 Å². The largest absolute Gasteiger partial charge is 0.420 e. The summed E-state index contributed by atoms with van der Waals surface area (Å²) in [5, 5.41) is 4.68. The molecule has 9 heteroatoms. The maximum atomic E-state index is 12.8. The molecule has 0 saturated carbocycles. The molecule has 3 aromatic rings. The van der Waals surface area contributed by atoms with Crippen molar-refractivity contribution >= 4 is 22.6 Å². The number of carbonyl (C=O) groups is 1. The van der Waals surface area contributed by atoms with Crippen LogP contribution in [0.2, 0.25) is 0 Å². The first kappa shape index (κ1) is 20.9. The Bertz CT molecular complexity index is 949. The third-order valence-electron chi connectivity index (χ3n) is 4.03. The zero-order valence-electron chi connectivity index (χ0n) is 15.9. The molecule has 2 aromatic heterocycles. The second-order valence-electron chi connectivity index (χ2n) is 6.96. The van der Waals surface area contributed by atoms with Crippen molar-refractivity contribution in [3.05, 3.63) is 64.8 Å². The second kappa shape index (κ2) is 8.69. The van der Waals surface area contributed by atoms with E-state index in [9.17, 15) is 18.0 Å². The molecule has 0 atom stereocenters. The van der Waals surface area contributed by atoms with Crippen molar-refractivity contribution in [1.82, 2.24) is 9.55 Å². The van der Waals surface area contributed by atoms with Crippen LogP contribution in [0, 0.1) is 5.92 Å². The molecule has 0 spiro atoms. The normalized spacial score (nSPS) is 11.7. The molecule has 2 heterocycles. The zero-order chi connectivity index (χ0) is 21.0. The molecule has 29 heavy (non-hydrogen) atoms. The standard InChI is InChI=1S/C20H20F3N3O2S/c1-13(2)9-15-10-17(28-19(27)25-18-24-7-8-29-18)26(12-15)11-14-3-5-16(6-4-14)20(21,22)23/h3-8,10,12-13H,9,11H2,1-2H3,(H,24,25,27). The number of carbonyl (C=O) groups excluding carboxylic acids is 1. The minimum atomic E-state index is -4.38. The molecule has 5 nitrogen and oxygen atoms in total. The van der Waals surface area contributed by atoms with Gasteiger partial charge in [-0.15, -0.1) is 11.3 Å². The number of rotatable bonds is 6. The van der Waals surface area contributed by atoms with E-state index >= 15 is 0 Å². The van der Waals surface area contributed by atoms with Crippen LogP contribution < -0.4 is 10.1 Å². The molecular formula is C20H20F3N3O2S. The van der Waals surface area contributed by atoms with Crippen LogP contribution in [0.25, 0.3) is 0 Å². The number of halogens is 3. The lowest BCUT2D eigenvalue weighted by molar-refractivity contribution is -0.137. The van der Waals surface area contributed by atoms with E-state index in [1.165, 1.54) is 23.5 Å². The van der Waals surface area contributed by atoms with Crippen LogP contribution in [0.4, 0.5) is 23.1 Å². The van der Waals surface area contributed by atoms with E-state index in [-0.39, 0.29) is 6.54 Å². The SMILES string of the molecule is CC(C)Cc1cc(OC(=O)Nc2nccs2)n(Cc2ccc(C(F)(F)F)cc2)c1. The maximum Gasteiger partial charge on any atom is 0.420 e. The Labute approximate surface area is 170 Å². The molecule has 0 aliphatic carbocycles. The molecule has 154 valence electrons. The predicted molar refractivity (Wildman–Crippen MR) is 105 cm³/mol. The first-order chi connectivity index (χ1) is 13.7. The van der Waals surface area contributed by atoms with Crippen LogP contribution >= 0.6 is 11.3 Å². The summed E-state index contributed by atoms with van der Waals surface area (Å²) in [4.78, 5) is 16.1. The number of aromatic nitrogens is 2.